The molecule has 3 rings (SSSR count). The molecule has 1 aromatic heterocycles. The van der Waals surface area contributed by atoms with Crippen molar-refractivity contribution in [1.29, 1.82) is 0 Å². The Morgan fingerprint density at radius 2 is 1.72 bits per heavy atom. The number of ether oxygens (including phenoxy) is 1. The van der Waals surface area contributed by atoms with Gasteiger partial charge in [0.1, 0.15) is 17.6 Å². The zero-order valence-electron chi connectivity index (χ0n) is 20.6. The number of aromatic nitrogens is 1. The molecule has 0 fully saturated rings. The van der Waals surface area contributed by atoms with Gasteiger partial charge in [0.05, 0.1) is 7.11 Å². The molecule has 1 atom stereocenters. The largest absolute Gasteiger partial charge is 0.497 e. The Hall–Kier alpha value is -3.79. The van der Waals surface area contributed by atoms with Gasteiger partial charge in [-0.2, -0.15) is 0 Å². The Morgan fingerprint density at radius 3 is 2.28 bits per heavy atom. The molecule has 0 spiro atoms. The van der Waals surface area contributed by atoms with Crippen molar-refractivity contribution in [1.82, 2.24) is 10.3 Å². The monoisotopic (exact) mass is 512 g/mol. The van der Waals surface area contributed by atoms with E-state index >= 15 is 0 Å². The van der Waals surface area contributed by atoms with E-state index in [1.54, 1.807) is 35.8 Å². The highest BCUT2D eigenvalue weighted by Crippen LogP contribution is 2.31. The van der Waals surface area contributed by atoms with Crippen LogP contribution in [0.2, 0.25) is 0 Å². The van der Waals surface area contributed by atoms with Gasteiger partial charge in [-0.15, -0.1) is 11.3 Å². The fraction of sp³-hybridized carbons (Fsp3) is 0.308. The summed E-state index contributed by atoms with van der Waals surface area (Å²) >= 11 is 1.27. The Balaban J connectivity index is 1.97. The molecule has 1 heterocycles. The van der Waals surface area contributed by atoms with Crippen molar-refractivity contribution in [2.24, 2.45) is 0 Å². The van der Waals surface area contributed by atoms with Gasteiger partial charge in [0.2, 0.25) is 17.7 Å². The predicted molar refractivity (Wildman–Crippen MR) is 137 cm³/mol. The first-order valence-corrected chi connectivity index (χ1v) is 12.2. The van der Waals surface area contributed by atoms with Gasteiger partial charge in [-0.25, -0.2) is 9.37 Å². The van der Waals surface area contributed by atoms with Crippen LogP contribution in [0, 0.1) is 5.82 Å². The van der Waals surface area contributed by atoms with Crippen LogP contribution in [0.15, 0.2) is 60.1 Å². The van der Waals surface area contributed by atoms with E-state index in [0.29, 0.717) is 22.1 Å². The molecular weight excluding hydrogens is 483 g/mol. The molecule has 0 saturated carbocycles. The minimum atomic E-state index is -1.10. The first-order chi connectivity index (χ1) is 17.1. The SMILES string of the molecule is COc1ccc(N(C(=O)CCC(=O)Nc2nccs2)C(C(=O)NC(C)(C)C)c2ccc(F)cc2)cc1. The number of nitrogens with zero attached hydrogens (tertiary/aromatic N) is 2. The lowest BCUT2D eigenvalue weighted by atomic mass is 10.00. The Morgan fingerprint density at radius 1 is 1.06 bits per heavy atom. The van der Waals surface area contributed by atoms with Gasteiger partial charge in [-0.3, -0.25) is 19.3 Å². The normalized spacial score (nSPS) is 11.9. The third-order valence-electron chi connectivity index (χ3n) is 5.05. The highest BCUT2D eigenvalue weighted by molar-refractivity contribution is 7.13. The molecule has 0 aliphatic heterocycles. The van der Waals surface area contributed by atoms with Crippen molar-refractivity contribution in [2.45, 2.75) is 45.2 Å². The van der Waals surface area contributed by atoms with Gasteiger partial charge in [-0.05, 0) is 62.7 Å². The molecule has 190 valence electrons. The summed E-state index contributed by atoms with van der Waals surface area (Å²) in [4.78, 5) is 44.9. The molecule has 0 aliphatic carbocycles. The second-order valence-corrected chi connectivity index (χ2v) is 9.94. The van der Waals surface area contributed by atoms with Crippen LogP contribution in [-0.2, 0) is 14.4 Å². The van der Waals surface area contributed by atoms with E-state index < -0.39 is 29.2 Å². The molecule has 36 heavy (non-hydrogen) atoms. The number of carbonyl (C=O) groups excluding carboxylic acids is 3. The molecule has 0 radical (unpaired) electrons. The zero-order valence-corrected chi connectivity index (χ0v) is 21.4. The van der Waals surface area contributed by atoms with Gasteiger partial charge >= 0.3 is 0 Å². The van der Waals surface area contributed by atoms with Crippen molar-refractivity contribution >= 4 is 39.9 Å². The molecular formula is C26H29FN4O4S. The van der Waals surface area contributed by atoms with E-state index in [2.05, 4.69) is 15.6 Å². The highest BCUT2D eigenvalue weighted by Gasteiger charge is 2.34. The molecule has 0 aliphatic rings. The first kappa shape index (κ1) is 26.8. The lowest BCUT2D eigenvalue weighted by molar-refractivity contribution is -0.128. The third-order valence-corrected chi connectivity index (χ3v) is 5.74. The van der Waals surface area contributed by atoms with Crippen molar-refractivity contribution < 1.29 is 23.5 Å². The average molecular weight is 513 g/mol. The predicted octanol–water partition coefficient (Wildman–Crippen LogP) is 4.70. The summed E-state index contributed by atoms with van der Waals surface area (Å²) in [6.07, 6.45) is 1.30. The minimum absolute atomic E-state index is 0.109. The van der Waals surface area contributed by atoms with Gasteiger partial charge in [0.15, 0.2) is 5.13 Å². The number of amides is 3. The van der Waals surface area contributed by atoms with Crippen LogP contribution in [0.25, 0.3) is 0 Å². The molecule has 10 heteroatoms. The number of halogens is 1. The number of hydrogen-bond acceptors (Lipinski definition) is 6. The number of anilines is 2. The van der Waals surface area contributed by atoms with Crippen LogP contribution in [0.3, 0.4) is 0 Å². The molecule has 1 unspecified atom stereocenters. The number of benzene rings is 2. The number of hydrogen-bond donors (Lipinski definition) is 2. The van der Waals surface area contributed by atoms with E-state index in [9.17, 15) is 18.8 Å². The van der Waals surface area contributed by atoms with Crippen LogP contribution < -0.4 is 20.3 Å². The van der Waals surface area contributed by atoms with Crippen molar-refractivity contribution in [3.8, 4) is 5.75 Å². The topological polar surface area (TPSA) is 101 Å². The van der Waals surface area contributed by atoms with Crippen LogP contribution in [0.4, 0.5) is 15.2 Å². The Labute approximate surface area is 213 Å². The van der Waals surface area contributed by atoms with Gasteiger partial charge in [0.25, 0.3) is 0 Å². The minimum Gasteiger partial charge on any atom is -0.497 e. The molecule has 0 saturated heterocycles. The molecule has 3 aromatic rings. The van der Waals surface area contributed by atoms with Gasteiger partial charge < -0.3 is 15.4 Å². The number of methoxy groups -OCH3 is 1. The summed E-state index contributed by atoms with van der Waals surface area (Å²) in [7, 11) is 1.52. The Kier molecular flexibility index (Phi) is 8.76. The fourth-order valence-electron chi connectivity index (χ4n) is 3.49. The number of thiazole rings is 1. The first-order valence-electron chi connectivity index (χ1n) is 11.3. The summed E-state index contributed by atoms with van der Waals surface area (Å²) in [6, 6.07) is 11.0. The molecule has 2 N–H and O–H groups in total. The van der Waals surface area contributed by atoms with E-state index in [4.69, 9.17) is 4.74 Å². The fourth-order valence-corrected chi connectivity index (χ4v) is 4.03. The number of carbonyl (C=O) groups is 3. The number of nitrogens with one attached hydrogen (secondary N) is 2. The number of rotatable bonds is 9. The van der Waals surface area contributed by atoms with Crippen LogP contribution >= 0.6 is 11.3 Å². The smallest absolute Gasteiger partial charge is 0.248 e. The van der Waals surface area contributed by atoms with Crippen LogP contribution in [-0.4, -0.2) is 35.4 Å². The summed E-state index contributed by atoms with van der Waals surface area (Å²) in [5.74, 6) is -1.15. The maximum atomic E-state index is 13.7. The summed E-state index contributed by atoms with van der Waals surface area (Å²) in [5.41, 5.74) is 0.270. The third kappa shape index (κ3) is 7.35. The van der Waals surface area contributed by atoms with E-state index in [1.807, 2.05) is 20.8 Å². The molecule has 8 nitrogen and oxygen atoms in total. The lowest BCUT2D eigenvalue weighted by Gasteiger charge is -2.34. The van der Waals surface area contributed by atoms with Gasteiger partial charge in [-0.1, -0.05) is 12.1 Å². The maximum absolute atomic E-state index is 13.7. The van der Waals surface area contributed by atoms with E-state index in [1.165, 1.54) is 47.6 Å². The maximum Gasteiger partial charge on any atom is 0.248 e. The average Bonchev–Trinajstić information content (AvgIpc) is 3.33. The molecule has 0 bridgehead atoms. The standard InChI is InChI=1S/C26H29FN4O4S/c1-26(2,3)30-24(34)23(17-5-7-18(27)8-6-17)31(19-9-11-20(35-4)12-10-19)22(33)14-13-21(32)29-25-28-15-16-36-25/h5-12,15-16,23H,13-14H2,1-4H3,(H,30,34)(H,28,29,32). The second-order valence-electron chi connectivity index (χ2n) is 9.04. The summed E-state index contributed by atoms with van der Waals surface area (Å²) in [6.45, 7) is 5.49. The highest BCUT2D eigenvalue weighted by atomic mass is 32.1. The van der Waals surface area contributed by atoms with Crippen LogP contribution in [0.1, 0.15) is 45.2 Å². The van der Waals surface area contributed by atoms with Gasteiger partial charge in [0, 0.05) is 35.6 Å². The van der Waals surface area contributed by atoms with E-state index in [0.717, 1.165) is 0 Å². The Bertz CT molecular complexity index is 1180. The van der Waals surface area contributed by atoms with Crippen molar-refractivity contribution in [3.05, 3.63) is 71.5 Å². The summed E-state index contributed by atoms with van der Waals surface area (Å²) in [5, 5.41) is 7.74. The van der Waals surface area contributed by atoms with Crippen molar-refractivity contribution in [3.63, 3.8) is 0 Å². The quantitative estimate of drug-likeness (QED) is 0.433. The van der Waals surface area contributed by atoms with E-state index in [-0.39, 0.29) is 18.7 Å². The summed E-state index contributed by atoms with van der Waals surface area (Å²) < 4.78 is 18.9. The molecule has 3 amide bonds. The second kappa shape index (κ2) is 11.8. The lowest BCUT2D eigenvalue weighted by Crippen LogP contribution is -2.49. The van der Waals surface area contributed by atoms with Crippen molar-refractivity contribution in [2.75, 3.05) is 17.3 Å². The zero-order chi connectivity index (χ0) is 26.3. The molecule has 2 aromatic carbocycles. The van der Waals surface area contributed by atoms with Crippen LogP contribution in [0.5, 0.6) is 5.75 Å².